The number of hydrogen-bond donors (Lipinski definition) is 0. The van der Waals surface area contributed by atoms with Crippen LogP contribution in [-0.2, 0) is 52.1 Å². The molecule has 7 heteroatoms. The van der Waals surface area contributed by atoms with Gasteiger partial charge in [0, 0.05) is 58.9 Å². The van der Waals surface area contributed by atoms with Crippen LogP contribution in [0.5, 0.6) is 17.2 Å². The molecular weight excluding hydrogens is 1160 g/mol. The van der Waals surface area contributed by atoms with Gasteiger partial charge < -0.3 is 15.3 Å². The van der Waals surface area contributed by atoms with Crippen molar-refractivity contribution >= 4 is 0 Å². The summed E-state index contributed by atoms with van der Waals surface area (Å²) in [6.07, 6.45) is 23.1. The maximum atomic E-state index is 15.4. The Morgan fingerprint density at radius 1 is 0.342 bits per heavy atom. The van der Waals surface area contributed by atoms with Crippen LogP contribution in [0.3, 0.4) is 0 Å². The number of benzene rings is 3. The van der Waals surface area contributed by atoms with Crippen LogP contribution in [0.15, 0.2) is 36.4 Å². The molecular formula is C69H96N3O3U. The van der Waals surface area contributed by atoms with E-state index in [0.29, 0.717) is 36.9 Å². The first-order valence-corrected chi connectivity index (χ1v) is 31.2. The monoisotopic (exact) mass is 1250 g/mol. The Labute approximate surface area is 484 Å². The Morgan fingerprint density at radius 2 is 0.526 bits per heavy atom. The second-order valence-corrected chi connectivity index (χ2v) is 32.2. The van der Waals surface area contributed by atoms with Gasteiger partial charge in [0.25, 0.3) is 0 Å². The Morgan fingerprint density at radius 3 is 0.697 bits per heavy atom. The zero-order valence-corrected chi connectivity index (χ0v) is 53.0. The van der Waals surface area contributed by atoms with Gasteiger partial charge in [-0.05, 0) is 251 Å². The van der Waals surface area contributed by atoms with Gasteiger partial charge in [-0.15, -0.1) is 17.2 Å². The Balaban J connectivity index is 0.00000582. The molecule has 1 aliphatic heterocycles. The van der Waals surface area contributed by atoms with Crippen molar-refractivity contribution in [3.8, 4) is 17.2 Å². The summed E-state index contributed by atoms with van der Waals surface area (Å²) >= 11 is 0. The van der Waals surface area contributed by atoms with Crippen molar-refractivity contribution in [2.24, 2.45) is 53.3 Å². The Kier molecular flexibility index (Phi) is 14.1. The van der Waals surface area contributed by atoms with Gasteiger partial charge in [0.05, 0.1) is 0 Å². The van der Waals surface area contributed by atoms with Crippen LogP contribution in [0.1, 0.15) is 228 Å². The van der Waals surface area contributed by atoms with E-state index in [1.807, 2.05) is 0 Å². The van der Waals surface area contributed by atoms with Crippen molar-refractivity contribution in [3.05, 3.63) is 86.5 Å². The molecule has 0 spiro atoms. The summed E-state index contributed by atoms with van der Waals surface area (Å²) in [6, 6.07) is 14.1. The molecule has 12 aliphatic carbocycles. The standard InChI is InChI=1S/C69H99N3O3.U/c1-64(2,3)55-25-52(61(73)58(28-55)67-31-43-16-44(32-67)18-45(17-43)33-67)40-70-10-12-71(41-53-26-56(65(4,5)6)29-59(62(53)74)68-34-46-19-47(35-68)21-48(20-46)36-68)14-15-72(13-11-70)42-54-27-57(66(7,8)9)30-60(63(54)75)69-37-49-22-50(38-69)24-51(23-49)39-69;/h25-30,43-51,73-75H,10-24,31-42H2,1-9H3;/q;+3/p-3. The van der Waals surface area contributed by atoms with E-state index in [0.717, 1.165) is 126 Å². The molecule has 1 saturated heterocycles. The fourth-order valence-electron chi connectivity index (χ4n) is 20.6. The molecule has 6 nitrogen and oxygen atoms in total. The van der Waals surface area contributed by atoms with Crippen LogP contribution >= 0.6 is 0 Å². The molecule has 0 amide bonds. The summed E-state index contributed by atoms with van der Waals surface area (Å²) in [6.45, 7) is 27.9. The van der Waals surface area contributed by atoms with Crippen LogP contribution < -0.4 is 15.3 Å². The molecule has 3 aromatic carbocycles. The van der Waals surface area contributed by atoms with Gasteiger partial charge in [-0.3, -0.25) is 14.7 Å². The van der Waals surface area contributed by atoms with Crippen LogP contribution in [-0.4, -0.2) is 54.0 Å². The van der Waals surface area contributed by atoms with Gasteiger partial charge in [0.1, 0.15) is 0 Å². The van der Waals surface area contributed by atoms with Gasteiger partial charge in [-0.1, -0.05) is 98.7 Å². The van der Waals surface area contributed by atoms with Gasteiger partial charge in [-0.2, -0.15) is 0 Å². The average molecular weight is 1250 g/mol. The minimum atomic E-state index is -0.0693. The summed E-state index contributed by atoms with van der Waals surface area (Å²) in [5.74, 6) is 7.93. The quantitative estimate of drug-likeness (QED) is 0.212. The molecule has 409 valence electrons. The summed E-state index contributed by atoms with van der Waals surface area (Å²) in [5, 5.41) is 46.1. The minimum Gasteiger partial charge on any atom is -0.872 e. The summed E-state index contributed by atoms with van der Waals surface area (Å²) in [4.78, 5) is 7.77. The molecule has 1 radical (unpaired) electrons. The smallest absolute Gasteiger partial charge is 0.872 e. The van der Waals surface area contributed by atoms with Crippen LogP contribution in [0, 0.1) is 84.4 Å². The zero-order chi connectivity index (χ0) is 52.2. The number of nitrogens with zero attached hydrogens (tertiary/aromatic N) is 3. The Bertz CT molecular complexity index is 2280. The third-order valence-corrected chi connectivity index (χ3v) is 23.3. The summed E-state index contributed by atoms with van der Waals surface area (Å²) in [5.41, 5.74) is 10.2. The van der Waals surface area contributed by atoms with Gasteiger partial charge in [0.2, 0.25) is 0 Å². The second-order valence-electron chi connectivity index (χ2n) is 32.2. The third kappa shape index (κ3) is 10.1. The molecule has 76 heavy (non-hydrogen) atoms. The first-order valence-electron chi connectivity index (χ1n) is 31.2. The second kappa shape index (κ2) is 19.6. The van der Waals surface area contributed by atoms with E-state index in [4.69, 9.17) is 0 Å². The number of hydrogen-bond acceptors (Lipinski definition) is 6. The van der Waals surface area contributed by atoms with E-state index >= 15 is 15.3 Å². The minimum absolute atomic E-state index is 0. The topological polar surface area (TPSA) is 78.9 Å². The maximum Gasteiger partial charge on any atom is 3.00 e. The van der Waals surface area contributed by atoms with Gasteiger partial charge in [-0.25, -0.2) is 0 Å². The van der Waals surface area contributed by atoms with Crippen molar-refractivity contribution < 1.29 is 46.4 Å². The molecule has 1 heterocycles. The largest absolute Gasteiger partial charge is 3.00 e. The van der Waals surface area contributed by atoms with Crippen LogP contribution in [0.2, 0.25) is 0 Å². The molecule has 0 N–H and O–H groups in total. The molecule has 12 bridgehead atoms. The first-order chi connectivity index (χ1) is 35.5. The maximum absolute atomic E-state index is 15.4. The SMILES string of the molecule is CC(C)(C)c1cc(CN2CCN(Cc3cc(C(C)(C)C)cc(C45CC6CC(CC(C6)C4)C5)c3[O-])CCN(Cc3cc(C(C)(C)C)cc(C45CC6CC(CC(C6)C4)C5)c3[O-])CC2)c([O-])c(C23CC4CC(CC(C4)C2)C3)c1.[U+3]. The fraction of sp³-hybridized carbons (Fsp3) is 0.739. The van der Waals surface area contributed by atoms with Crippen molar-refractivity contribution in [2.75, 3.05) is 39.3 Å². The molecule has 16 rings (SSSR count). The first kappa shape index (κ1) is 54.6. The van der Waals surface area contributed by atoms with E-state index in [1.165, 1.54) is 132 Å². The molecule has 0 atom stereocenters. The van der Waals surface area contributed by atoms with Crippen LogP contribution in [0.25, 0.3) is 0 Å². The molecule has 13 fully saturated rings. The summed E-state index contributed by atoms with van der Waals surface area (Å²) < 4.78 is 0. The molecule has 13 aliphatic rings. The van der Waals surface area contributed by atoms with Gasteiger partial charge in [0.15, 0.2) is 0 Å². The van der Waals surface area contributed by atoms with E-state index in [2.05, 4.69) is 113 Å². The van der Waals surface area contributed by atoms with Crippen molar-refractivity contribution in [3.63, 3.8) is 0 Å². The van der Waals surface area contributed by atoms with E-state index < -0.39 is 0 Å². The normalized spacial score (nSPS) is 36.4. The average Bonchev–Trinajstić information content (AvgIpc) is 3.42. The van der Waals surface area contributed by atoms with Crippen molar-refractivity contribution in [2.45, 2.75) is 230 Å². The molecule has 12 saturated carbocycles. The molecule has 0 aromatic heterocycles. The van der Waals surface area contributed by atoms with Gasteiger partial charge >= 0.3 is 31.1 Å². The fourth-order valence-corrected chi connectivity index (χ4v) is 20.6. The number of rotatable bonds is 9. The summed E-state index contributed by atoms with van der Waals surface area (Å²) in [7, 11) is 0. The van der Waals surface area contributed by atoms with E-state index in [9.17, 15) is 0 Å². The third-order valence-electron chi connectivity index (χ3n) is 23.3. The zero-order valence-electron chi connectivity index (χ0n) is 48.8. The van der Waals surface area contributed by atoms with Crippen molar-refractivity contribution in [1.82, 2.24) is 14.7 Å². The van der Waals surface area contributed by atoms with E-state index in [1.54, 1.807) is 0 Å². The van der Waals surface area contributed by atoms with Crippen molar-refractivity contribution in [1.29, 1.82) is 0 Å². The molecule has 3 aromatic rings. The predicted octanol–water partition coefficient (Wildman–Crippen LogP) is 13.0. The Hall–Kier alpha value is -2.01. The van der Waals surface area contributed by atoms with Crippen LogP contribution in [0.4, 0.5) is 0 Å². The molecule has 0 unspecified atom stereocenters. The van der Waals surface area contributed by atoms with E-state index in [-0.39, 0.29) is 63.6 Å². The predicted molar refractivity (Wildman–Crippen MR) is 299 cm³/mol.